The Morgan fingerprint density at radius 2 is 1.15 bits per heavy atom. The minimum atomic E-state index is -6.34. The van der Waals surface area contributed by atoms with E-state index in [0.29, 0.717) is 7.11 Å². The summed E-state index contributed by atoms with van der Waals surface area (Å²) in [6.45, 7) is -2.97. The third kappa shape index (κ3) is 1.39. The van der Waals surface area contributed by atoms with Crippen molar-refractivity contribution in [1.82, 2.24) is 0 Å². The molecule has 11 heteroatoms. The van der Waals surface area contributed by atoms with Gasteiger partial charge in [0.25, 0.3) is 17.3 Å². The van der Waals surface area contributed by atoms with Crippen molar-refractivity contribution in [2.24, 2.45) is 0 Å². The molecule has 0 saturated heterocycles. The van der Waals surface area contributed by atoms with E-state index in [9.17, 15) is 43.9 Å². The summed E-state index contributed by atoms with van der Waals surface area (Å²) in [4.78, 5) is 0. The lowest BCUT2D eigenvalue weighted by Gasteiger charge is -2.61. The summed E-state index contributed by atoms with van der Waals surface area (Å²) in [5.41, 5.74) is -12.2. The number of methoxy groups -OCH3 is 1. The summed E-state index contributed by atoms with van der Waals surface area (Å²) < 4.78 is 135. The summed E-state index contributed by atoms with van der Waals surface area (Å²) in [7, 11) is 0.441. The Morgan fingerprint density at radius 1 is 0.800 bits per heavy atom. The zero-order valence-electron chi connectivity index (χ0n) is 9.89. The van der Waals surface area contributed by atoms with Gasteiger partial charge < -0.3 is 4.74 Å². The fourth-order valence-corrected chi connectivity index (χ4v) is 2.14. The summed E-state index contributed by atoms with van der Waals surface area (Å²) in [6, 6.07) is 0. The molecule has 0 aliphatic heterocycles. The van der Waals surface area contributed by atoms with Gasteiger partial charge in [-0.3, -0.25) is 0 Å². The van der Waals surface area contributed by atoms with Crippen LogP contribution < -0.4 is 0 Å². The molecule has 1 saturated carbocycles. The molecule has 1 aliphatic rings. The topological polar surface area (TPSA) is 9.23 Å². The van der Waals surface area contributed by atoms with E-state index < -0.39 is 48.6 Å². The molecule has 0 spiro atoms. The molecule has 0 aromatic carbocycles. The van der Waals surface area contributed by atoms with Gasteiger partial charge in [0.15, 0.2) is 0 Å². The first-order valence-corrected chi connectivity index (χ1v) is 4.94. The van der Waals surface area contributed by atoms with Crippen molar-refractivity contribution >= 4 is 0 Å². The molecule has 1 fully saturated rings. The van der Waals surface area contributed by atoms with Gasteiger partial charge in [-0.1, -0.05) is 0 Å². The normalized spacial score (nSPS) is 36.6. The lowest BCUT2D eigenvalue weighted by Crippen LogP contribution is -2.94. The van der Waals surface area contributed by atoms with E-state index in [2.05, 4.69) is 4.74 Å². The fourth-order valence-electron chi connectivity index (χ4n) is 2.14. The van der Waals surface area contributed by atoms with Crippen LogP contribution in [0.3, 0.4) is 0 Å². The summed E-state index contributed by atoms with van der Waals surface area (Å²) in [6.07, 6.45) is 0. The van der Waals surface area contributed by atoms with Crippen LogP contribution in [0.5, 0.6) is 0 Å². The van der Waals surface area contributed by atoms with Gasteiger partial charge in [0.1, 0.15) is 6.61 Å². The fraction of sp³-hybridized carbons (Fsp3) is 1.00. The first-order chi connectivity index (χ1) is 8.56. The molecule has 20 heavy (non-hydrogen) atoms. The number of ether oxygens (including phenoxy) is 1. The SMILES string of the molecule is COCC(F)(F)C1(F)C(F)(F)C(F)(F)C1(F)C(C)(F)F. The number of rotatable bonds is 4. The van der Waals surface area contributed by atoms with Gasteiger partial charge in [-0.2, -0.15) is 17.6 Å². The van der Waals surface area contributed by atoms with E-state index in [1.807, 2.05) is 0 Å². The summed E-state index contributed by atoms with van der Waals surface area (Å²) in [5.74, 6) is -23.8. The van der Waals surface area contributed by atoms with Crippen LogP contribution >= 0.6 is 0 Å². The molecule has 2 atom stereocenters. The summed E-state index contributed by atoms with van der Waals surface area (Å²) in [5, 5.41) is 0. The van der Waals surface area contributed by atoms with Crippen LogP contribution in [0, 0.1) is 0 Å². The molecule has 0 aromatic heterocycles. The molecule has 0 heterocycles. The zero-order valence-corrected chi connectivity index (χ0v) is 9.89. The second-order valence-corrected chi connectivity index (χ2v) is 4.49. The zero-order chi connectivity index (χ0) is 16.4. The van der Waals surface area contributed by atoms with Crippen LogP contribution in [-0.2, 0) is 4.74 Å². The second-order valence-electron chi connectivity index (χ2n) is 4.49. The molecule has 1 nitrogen and oxygen atoms in total. The van der Waals surface area contributed by atoms with Crippen molar-refractivity contribution in [3.05, 3.63) is 0 Å². The van der Waals surface area contributed by atoms with Gasteiger partial charge in [0.05, 0.1) is 0 Å². The monoisotopic (exact) mass is 322 g/mol. The Balaban J connectivity index is 3.58. The number of halogens is 10. The largest absolute Gasteiger partial charge is 0.378 e. The first-order valence-electron chi connectivity index (χ1n) is 4.94. The number of hydrogen-bond donors (Lipinski definition) is 0. The van der Waals surface area contributed by atoms with Gasteiger partial charge in [0, 0.05) is 14.0 Å². The highest BCUT2D eigenvalue weighted by Crippen LogP contribution is 2.75. The lowest BCUT2D eigenvalue weighted by atomic mass is 9.56. The van der Waals surface area contributed by atoms with E-state index in [1.54, 1.807) is 0 Å². The molecule has 0 bridgehead atoms. The maximum absolute atomic E-state index is 13.8. The Morgan fingerprint density at radius 3 is 1.45 bits per heavy atom. The van der Waals surface area contributed by atoms with Gasteiger partial charge in [-0.25, -0.2) is 26.3 Å². The van der Waals surface area contributed by atoms with Crippen molar-refractivity contribution in [2.75, 3.05) is 13.7 Å². The molecule has 0 aromatic rings. The van der Waals surface area contributed by atoms with E-state index >= 15 is 0 Å². The average Bonchev–Trinajstić information content (AvgIpc) is 2.23. The number of hydrogen-bond acceptors (Lipinski definition) is 1. The number of alkyl halides is 10. The maximum atomic E-state index is 13.8. The first kappa shape index (κ1) is 17.3. The van der Waals surface area contributed by atoms with Crippen molar-refractivity contribution in [2.45, 2.75) is 42.0 Å². The smallest absolute Gasteiger partial charge is 0.356 e. The molecular weight excluding hydrogens is 314 g/mol. The highest BCUT2D eigenvalue weighted by Gasteiger charge is 3.07. The average molecular weight is 322 g/mol. The highest BCUT2D eigenvalue weighted by molar-refractivity contribution is 5.38. The molecule has 1 rings (SSSR count). The Kier molecular flexibility index (Phi) is 3.39. The second kappa shape index (κ2) is 3.92. The third-order valence-electron chi connectivity index (χ3n) is 3.17. The van der Waals surface area contributed by atoms with Crippen LogP contribution in [0.15, 0.2) is 0 Å². The van der Waals surface area contributed by atoms with E-state index in [0.717, 1.165) is 0 Å². The quantitative estimate of drug-likeness (QED) is 0.718. The van der Waals surface area contributed by atoms with E-state index in [1.165, 1.54) is 0 Å². The molecule has 2 unspecified atom stereocenters. The summed E-state index contributed by atoms with van der Waals surface area (Å²) >= 11 is 0. The van der Waals surface area contributed by atoms with E-state index in [-0.39, 0.29) is 0 Å². The minimum absolute atomic E-state index is 0.441. The van der Waals surface area contributed by atoms with Gasteiger partial charge in [0.2, 0.25) is 0 Å². The standard InChI is InChI=1S/C9H8F10O/c1-4(10,11)6(14)7(15,5(12,13)3-20-2)9(18,19)8(6,16)17/h3H2,1-2H3. The van der Waals surface area contributed by atoms with Crippen LogP contribution in [0.2, 0.25) is 0 Å². The van der Waals surface area contributed by atoms with Crippen LogP contribution in [-0.4, -0.2) is 48.7 Å². The van der Waals surface area contributed by atoms with Crippen molar-refractivity contribution < 1.29 is 48.6 Å². The van der Waals surface area contributed by atoms with E-state index in [4.69, 9.17) is 0 Å². The maximum Gasteiger partial charge on any atom is 0.356 e. The van der Waals surface area contributed by atoms with Crippen LogP contribution in [0.4, 0.5) is 43.9 Å². The van der Waals surface area contributed by atoms with Crippen LogP contribution in [0.25, 0.3) is 0 Å². The molecule has 0 amide bonds. The van der Waals surface area contributed by atoms with Crippen molar-refractivity contribution in [3.8, 4) is 0 Å². The highest BCUT2D eigenvalue weighted by atomic mass is 19.3. The third-order valence-corrected chi connectivity index (χ3v) is 3.17. The minimum Gasteiger partial charge on any atom is -0.378 e. The predicted octanol–water partition coefficient (Wildman–Crippen LogP) is 3.62. The Hall–Kier alpha value is -0.740. The van der Waals surface area contributed by atoms with Gasteiger partial charge in [-0.15, -0.1) is 0 Å². The van der Waals surface area contributed by atoms with Crippen LogP contribution in [0.1, 0.15) is 6.92 Å². The molecular formula is C9H8F10O. The molecule has 0 N–H and O–H groups in total. The lowest BCUT2D eigenvalue weighted by molar-refractivity contribution is -0.504. The molecule has 1 aliphatic carbocycles. The Bertz CT molecular complexity index is 402. The van der Waals surface area contributed by atoms with Gasteiger partial charge >= 0.3 is 17.8 Å². The van der Waals surface area contributed by atoms with Crippen molar-refractivity contribution in [1.29, 1.82) is 0 Å². The Labute approximate surface area is 105 Å². The molecule has 0 radical (unpaired) electrons. The van der Waals surface area contributed by atoms with Gasteiger partial charge in [-0.05, 0) is 0 Å². The molecule has 120 valence electrons. The van der Waals surface area contributed by atoms with Crippen molar-refractivity contribution in [3.63, 3.8) is 0 Å². The predicted molar refractivity (Wildman–Crippen MR) is 45.0 cm³/mol.